The lowest BCUT2D eigenvalue weighted by molar-refractivity contribution is 0.0947. The largest absolute Gasteiger partial charge is 0.493 e. The molecule has 234 valence electrons. The first-order chi connectivity index (χ1) is 22.3. The average molecular weight is 617 g/mol. The molecule has 9 heteroatoms. The second-order valence-corrected chi connectivity index (χ2v) is 11.4. The molecular weight excluding hydrogens is 580 g/mol. The summed E-state index contributed by atoms with van der Waals surface area (Å²) in [5.41, 5.74) is 3.63. The molecule has 2 heterocycles. The predicted molar refractivity (Wildman–Crippen MR) is 180 cm³/mol. The van der Waals surface area contributed by atoms with Crippen LogP contribution in [0, 0.1) is 0 Å². The fourth-order valence-electron chi connectivity index (χ4n) is 5.90. The molecule has 0 fully saturated rings. The molecule has 5 aromatic rings. The topological polar surface area (TPSA) is 106 Å². The number of ether oxygens (including phenoxy) is 2. The Hall–Kier alpha value is -5.41. The summed E-state index contributed by atoms with van der Waals surface area (Å²) in [6, 6.07) is 24.9. The Bertz CT molecular complexity index is 2180. The molecule has 0 bridgehead atoms. The first kappa shape index (κ1) is 30.6. The zero-order valence-corrected chi connectivity index (χ0v) is 26.1. The maximum Gasteiger partial charge on any atom is 0.274 e. The second-order valence-electron chi connectivity index (χ2n) is 11.4. The SMILES string of the molecule is COc1cc2c(cc1OC)CN(CCNC(=O)c1cccc(/C=c3\[nH]c(=O)/c(=C/c4ccc5ccccc5c4)n(C)c3=O)c1)CC2. The van der Waals surface area contributed by atoms with Gasteiger partial charge in [-0.15, -0.1) is 0 Å². The van der Waals surface area contributed by atoms with Gasteiger partial charge >= 0.3 is 0 Å². The van der Waals surface area contributed by atoms with E-state index in [1.165, 1.54) is 15.7 Å². The van der Waals surface area contributed by atoms with Crippen molar-refractivity contribution in [2.24, 2.45) is 7.05 Å². The number of nitrogens with zero attached hydrogens (tertiary/aromatic N) is 2. The highest BCUT2D eigenvalue weighted by molar-refractivity contribution is 5.94. The summed E-state index contributed by atoms with van der Waals surface area (Å²) >= 11 is 0. The molecule has 1 aliphatic rings. The Morgan fingerprint density at radius 1 is 0.870 bits per heavy atom. The maximum atomic E-state index is 13.2. The van der Waals surface area contributed by atoms with Gasteiger partial charge in [0.15, 0.2) is 11.5 Å². The van der Waals surface area contributed by atoms with E-state index in [0.29, 0.717) is 30.0 Å². The Labute approximate surface area is 266 Å². The lowest BCUT2D eigenvalue weighted by Gasteiger charge is -2.29. The first-order valence-corrected chi connectivity index (χ1v) is 15.2. The summed E-state index contributed by atoms with van der Waals surface area (Å²) in [4.78, 5) is 44.4. The summed E-state index contributed by atoms with van der Waals surface area (Å²) in [7, 11) is 4.86. The maximum absolute atomic E-state index is 13.2. The molecule has 0 unspecified atom stereocenters. The number of aromatic nitrogens is 2. The zero-order chi connectivity index (χ0) is 32.2. The number of amides is 1. The fourth-order valence-corrected chi connectivity index (χ4v) is 5.90. The van der Waals surface area contributed by atoms with Gasteiger partial charge in [-0.1, -0.05) is 48.5 Å². The fraction of sp³-hybridized carbons (Fsp3) is 0.216. The van der Waals surface area contributed by atoms with Gasteiger partial charge in [-0.3, -0.25) is 19.3 Å². The highest BCUT2D eigenvalue weighted by atomic mass is 16.5. The van der Waals surface area contributed by atoms with Gasteiger partial charge in [-0.2, -0.15) is 0 Å². The number of nitrogens with one attached hydrogen (secondary N) is 2. The molecule has 0 atom stereocenters. The van der Waals surface area contributed by atoms with Crippen molar-refractivity contribution in [2.45, 2.75) is 13.0 Å². The molecule has 0 saturated heterocycles. The van der Waals surface area contributed by atoms with Crippen molar-refractivity contribution in [3.63, 3.8) is 0 Å². The molecule has 2 N–H and O–H groups in total. The van der Waals surface area contributed by atoms with Gasteiger partial charge in [-0.25, -0.2) is 0 Å². The van der Waals surface area contributed by atoms with Gasteiger partial charge in [0.25, 0.3) is 17.0 Å². The van der Waals surface area contributed by atoms with Crippen LogP contribution in [-0.4, -0.2) is 54.2 Å². The van der Waals surface area contributed by atoms with Gasteiger partial charge < -0.3 is 24.3 Å². The normalized spacial score (nSPS) is 13.9. The molecule has 9 nitrogen and oxygen atoms in total. The highest BCUT2D eigenvalue weighted by Gasteiger charge is 2.19. The van der Waals surface area contributed by atoms with Crippen molar-refractivity contribution < 1.29 is 14.3 Å². The van der Waals surface area contributed by atoms with Crippen LogP contribution in [-0.2, 0) is 20.0 Å². The number of rotatable bonds is 8. The van der Waals surface area contributed by atoms with E-state index in [2.05, 4.69) is 15.2 Å². The van der Waals surface area contributed by atoms with Gasteiger partial charge in [-0.05, 0) is 81.9 Å². The average Bonchev–Trinajstić information content (AvgIpc) is 3.08. The van der Waals surface area contributed by atoms with Crippen molar-refractivity contribution >= 4 is 28.8 Å². The number of carbonyl (C=O) groups excluding carboxylic acids is 1. The summed E-state index contributed by atoms with van der Waals surface area (Å²) < 4.78 is 12.2. The van der Waals surface area contributed by atoms with Crippen molar-refractivity contribution in [3.05, 3.63) is 138 Å². The van der Waals surface area contributed by atoms with Crippen LogP contribution in [0.3, 0.4) is 0 Å². The standard InChI is InChI=1S/C37H36N4O5/c1-40-32(20-25-11-12-26-8-4-5-9-27(26)17-25)36(43)39-31(37(40)44)19-24-7-6-10-29(18-24)35(42)38-14-16-41-15-13-28-21-33(45-2)34(46-3)22-30(28)23-41/h4-12,17-22H,13-16,23H2,1-3H3,(H,38,42)(H,39,43)/b31-19-,32-20-. The third-order valence-electron chi connectivity index (χ3n) is 8.42. The van der Waals surface area contributed by atoms with Crippen LogP contribution in [0.5, 0.6) is 11.5 Å². The van der Waals surface area contributed by atoms with Crippen molar-refractivity contribution in [2.75, 3.05) is 33.9 Å². The number of methoxy groups -OCH3 is 2. The van der Waals surface area contributed by atoms with Crippen LogP contribution in [0.4, 0.5) is 0 Å². The monoisotopic (exact) mass is 616 g/mol. The van der Waals surface area contributed by atoms with Crippen LogP contribution in [0.2, 0.25) is 0 Å². The van der Waals surface area contributed by atoms with E-state index < -0.39 is 0 Å². The van der Waals surface area contributed by atoms with Crippen LogP contribution >= 0.6 is 0 Å². The third kappa shape index (κ3) is 6.50. The van der Waals surface area contributed by atoms with Crippen LogP contribution < -0.4 is 36.6 Å². The Kier molecular flexibility index (Phi) is 8.85. The van der Waals surface area contributed by atoms with E-state index in [4.69, 9.17) is 9.47 Å². The van der Waals surface area contributed by atoms with Crippen LogP contribution in [0.15, 0.2) is 88.5 Å². The number of hydrogen-bond acceptors (Lipinski definition) is 6. The van der Waals surface area contributed by atoms with Crippen molar-refractivity contribution in [3.8, 4) is 11.5 Å². The molecule has 0 spiro atoms. The molecule has 1 amide bonds. The Morgan fingerprint density at radius 3 is 2.39 bits per heavy atom. The summed E-state index contributed by atoms with van der Waals surface area (Å²) in [5, 5.41) is 5.54. The summed E-state index contributed by atoms with van der Waals surface area (Å²) in [5.74, 6) is 1.24. The summed E-state index contributed by atoms with van der Waals surface area (Å²) in [6.07, 6.45) is 4.19. The molecule has 0 aliphatic carbocycles. The second kappa shape index (κ2) is 13.3. The minimum atomic E-state index is -0.381. The van der Waals surface area contributed by atoms with Gasteiger partial charge in [0, 0.05) is 38.8 Å². The Balaban J connectivity index is 1.15. The lowest BCUT2D eigenvalue weighted by Crippen LogP contribution is -2.52. The van der Waals surface area contributed by atoms with E-state index in [-0.39, 0.29) is 27.7 Å². The molecule has 0 saturated carbocycles. The smallest absolute Gasteiger partial charge is 0.274 e. The van der Waals surface area contributed by atoms with Gasteiger partial charge in [0.1, 0.15) is 10.7 Å². The predicted octanol–water partition coefficient (Wildman–Crippen LogP) is 2.69. The Morgan fingerprint density at radius 2 is 1.61 bits per heavy atom. The molecule has 4 aromatic carbocycles. The van der Waals surface area contributed by atoms with Crippen LogP contribution in [0.1, 0.15) is 32.6 Å². The number of fused-ring (bicyclic) bond motifs is 2. The molecule has 1 aromatic heterocycles. The van der Waals surface area contributed by atoms with E-state index in [1.54, 1.807) is 57.7 Å². The zero-order valence-electron chi connectivity index (χ0n) is 26.1. The van der Waals surface area contributed by atoms with Gasteiger partial charge in [0.2, 0.25) is 0 Å². The molecule has 0 radical (unpaired) electrons. The van der Waals surface area contributed by atoms with E-state index >= 15 is 0 Å². The minimum Gasteiger partial charge on any atom is -0.493 e. The molecule has 1 aliphatic heterocycles. The number of benzene rings is 4. The minimum absolute atomic E-state index is 0.139. The first-order valence-electron chi connectivity index (χ1n) is 15.2. The number of aromatic amines is 1. The lowest BCUT2D eigenvalue weighted by atomic mass is 9.99. The number of hydrogen-bond donors (Lipinski definition) is 2. The molecule has 6 rings (SSSR count). The van der Waals surface area contributed by atoms with E-state index in [0.717, 1.165) is 41.6 Å². The van der Waals surface area contributed by atoms with E-state index in [9.17, 15) is 14.4 Å². The van der Waals surface area contributed by atoms with Crippen LogP contribution in [0.25, 0.3) is 22.9 Å². The third-order valence-corrected chi connectivity index (χ3v) is 8.42. The quantitative estimate of drug-likeness (QED) is 0.278. The van der Waals surface area contributed by atoms with Crippen molar-refractivity contribution in [1.29, 1.82) is 0 Å². The molecular formula is C37H36N4O5. The van der Waals surface area contributed by atoms with Crippen molar-refractivity contribution in [1.82, 2.24) is 19.8 Å². The summed E-state index contributed by atoms with van der Waals surface area (Å²) in [6.45, 7) is 2.83. The number of carbonyl (C=O) groups is 1. The van der Waals surface area contributed by atoms with Gasteiger partial charge in [0.05, 0.1) is 14.2 Å². The number of H-pyrrole nitrogens is 1. The highest BCUT2D eigenvalue weighted by Crippen LogP contribution is 2.33. The van der Waals surface area contributed by atoms with E-state index in [1.807, 2.05) is 54.6 Å². The molecule has 46 heavy (non-hydrogen) atoms.